The Morgan fingerprint density at radius 2 is 1.45 bits per heavy atom. The minimum absolute atomic E-state index is 0.0945. The zero-order valence-corrected chi connectivity index (χ0v) is 11.5. The molecule has 0 amide bonds. The Hall–Kier alpha value is -1.77. The first-order chi connectivity index (χ1) is 9.77. The van der Waals surface area contributed by atoms with Gasteiger partial charge in [-0.2, -0.15) is 0 Å². The summed E-state index contributed by atoms with van der Waals surface area (Å²) in [5, 5.41) is 0. The standard InChI is InChI=1S/C17H19NO2/c19-16-13-9-5-6-10-14(13)17(20)15(16)11-18-12-7-3-1-2-4-8-12/h5-6,9-12,15H,1-4,7-8H2. The molecule has 1 aromatic rings. The van der Waals surface area contributed by atoms with Crippen LogP contribution in [0.4, 0.5) is 0 Å². The lowest BCUT2D eigenvalue weighted by Gasteiger charge is -2.08. The number of hydrogen-bond donors (Lipinski definition) is 0. The molecule has 3 rings (SSSR count). The summed E-state index contributed by atoms with van der Waals surface area (Å²) in [5.74, 6) is -0.874. The molecule has 20 heavy (non-hydrogen) atoms. The van der Waals surface area contributed by atoms with E-state index in [1.54, 1.807) is 30.5 Å². The van der Waals surface area contributed by atoms with Crippen LogP contribution < -0.4 is 0 Å². The van der Waals surface area contributed by atoms with Gasteiger partial charge in [0.25, 0.3) is 0 Å². The monoisotopic (exact) mass is 269 g/mol. The maximum absolute atomic E-state index is 12.2. The number of hydrogen-bond acceptors (Lipinski definition) is 3. The zero-order chi connectivity index (χ0) is 13.9. The van der Waals surface area contributed by atoms with Gasteiger partial charge in [0, 0.05) is 23.4 Å². The number of carbonyl (C=O) groups excluding carboxylic acids is 2. The van der Waals surface area contributed by atoms with Gasteiger partial charge in [-0.1, -0.05) is 49.9 Å². The fourth-order valence-corrected chi connectivity index (χ4v) is 3.12. The molecule has 1 saturated carbocycles. The summed E-state index contributed by atoms with van der Waals surface area (Å²) in [7, 11) is 0. The molecule has 0 spiro atoms. The molecule has 1 fully saturated rings. The van der Waals surface area contributed by atoms with Crippen molar-refractivity contribution in [3.05, 3.63) is 35.4 Å². The smallest absolute Gasteiger partial charge is 0.179 e. The van der Waals surface area contributed by atoms with Crippen LogP contribution in [-0.4, -0.2) is 23.8 Å². The summed E-state index contributed by atoms with van der Waals surface area (Å²) in [4.78, 5) is 29.0. The molecule has 0 saturated heterocycles. The average Bonchev–Trinajstić information content (AvgIpc) is 2.68. The SMILES string of the molecule is O=C1c2ccccc2C(=O)C1C=NC1CCCCCC1. The Balaban J connectivity index is 1.76. The van der Waals surface area contributed by atoms with Gasteiger partial charge in [0.05, 0.1) is 0 Å². The maximum atomic E-state index is 12.2. The molecule has 2 aliphatic rings. The fourth-order valence-electron chi connectivity index (χ4n) is 3.12. The largest absolute Gasteiger partial charge is 0.293 e. The van der Waals surface area contributed by atoms with Crippen molar-refractivity contribution in [3.8, 4) is 0 Å². The second-order valence-corrected chi connectivity index (χ2v) is 5.70. The van der Waals surface area contributed by atoms with Gasteiger partial charge in [0.15, 0.2) is 11.6 Å². The summed E-state index contributed by atoms with van der Waals surface area (Å²) in [6.07, 6.45) is 8.73. The van der Waals surface area contributed by atoms with Crippen molar-refractivity contribution in [3.63, 3.8) is 0 Å². The molecule has 2 aliphatic carbocycles. The quantitative estimate of drug-likeness (QED) is 0.469. The molecule has 0 aromatic heterocycles. The lowest BCUT2D eigenvalue weighted by atomic mass is 10.1. The van der Waals surface area contributed by atoms with E-state index in [0.717, 1.165) is 12.8 Å². The predicted molar refractivity (Wildman–Crippen MR) is 78.6 cm³/mol. The van der Waals surface area contributed by atoms with E-state index in [1.807, 2.05) is 0 Å². The van der Waals surface area contributed by atoms with Crippen LogP contribution in [-0.2, 0) is 0 Å². The van der Waals surface area contributed by atoms with E-state index in [0.29, 0.717) is 17.2 Å². The van der Waals surface area contributed by atoms with Crippen LogP contribution in [0.2, 0.25) is 0 Å². The van der Waals surface area contributed by atoms with Crippen molar-refractivity contribution in [2.75, 3.05) is 0 Å². The van der Waals surface area contributed by atoms with Crippen molar-refractivity contribution in [1.82, 2.24) is 0 Å². The average molecular weight is 269 g/mol. The number of Topliss-reactive ketones (excluding diaryl/α,β-unsaturated/α-hetero) is 2. The highest BCUT2D eigenvalue weighted by molar-refractivity contribution is 6.33. The van der Waals surface area contributed by atoms with Crippen LogP contribution in [0.3, 0.4) is 0 Å². The molecular weight excluding hydrogens is 250 g/mol. The third-order valence-electron chi connectivity index (χ3n) is 4.29. The summed E-state index contributed by atoms with van der Waals surface area (Å²) in [6.45, 7) is 0. The van der Waals surface area contributed by atoms with Gasteiger partial charge in [-0.3, -0.25) is 14.6 Å². The van der Waals surface area contributed by atoms with E-state index in [1.165, 1.54) is 25.7 Å². The Labute approximate surface area is 119 Å². The van der Waals surface area contributed by atoms with Crippen LogP contribution in [0.25, 0.3) is 0 Å². The first kappa shape index (κ1) is 13.2. The third kappa shape index (κ3) is 2.45. The molecule has 0 atom stereocenters. The van der Waals surface area contributed by atoms with E-state index in [9.17, 15) is 9.59 Å². The highest BCUT2D eigenvalue weighted by Crippen LogP contribution is 2.26. The topological polar surface area (TPSA) is 46.5 Å². The van der Waals surface area contributed by atoms with Crippen LogP contribution in [0.15, 0.2) is 29.3 Å². The lowest BCUT2D eigenvalue weighted by molar-refractivity contribution is 0.0886. The van der Waals surface area contributed by atoms with Crippen molar-refractivity contribution in [2.24, 2.45) is 10.9 Å². The van der Waals surface area contributed by atoms with Crippen molar-refractivity contribution in [1.29, 1.82) is 0 Å². The number of carbonyl (C=O) groups is 2. The van der Waals surface area contributed by atoms with Gasteiger partial charge in [-0.25, -0.2) is 0 Å². The van der Waals surface area contributed by atoms with E-state index in [2.05, 4.69) is 4.99 Å². The molecule has 0 N–H and O–H groups in total. The number of benzene rings is 1. The van der Waals surface area contributed by atoms with Crippen molar-refractivity contribution < 1.29 is 9.59 Å². The third-order valence-corrected chi connectivity index (χ3v) is 4.29. The summed E-state index contributed by atoms with van der Waals surface area (Å²) >= 11 is 0. The highest BCUT2D eigenvalue weighted by atomic mass is 16.2. The Morgan fingerprint density at radius 3 is 2.00 bits per heavy atom. The summed E-state index contributed by atoms with van der Waals surface area (Å²) in [5.41, 5.74) is 1.10. The van der Waals surface area contributed by atoms with Gasteiger partial charge in [0.1, 0.15) is 5.92 Å². The molecule has 0 bridgehead atoms. The first-order valence-electron chi connectivity index (χ1n) is 7.48. The molecule has 104 valence electrons. The Morgan fingerprint density at radius 1 is 0.900 bits per heavy atom. The molecule has 1 aromatic carbocycles. The Kier molecular flexibility index (Phi) is 3.77. The second-order valence-electron chi connectivity index (χ2n) is 5.70. The van der Waals surface area contributed by atoms with E-state index < -0.39 is 5.92 Å². The van der Waals surface area contributed by atoms with Crippen LogP contribution in [0, 0.1) is 5.92 Å². The first-order valence-corrected chi connectivity index (χ1v) is 7.48. The van der Waals surface area contributed by atoms with Gasteiger partial charge >= 0.3 is 0 Å². The van der Waals surface area contributed by atoms with Gasteiger partial charge < -0.3 is 0 Å². The predicted octanol–water partition coefficient (Wildman–Crippen LogP) is 3.48. The fraction of sp³-hybridized carbons (Fsp3) is 0.471. The van der Waals surface area contributed by atoms with Crippen LogP contribution >= 0.6 is 0 Å². The zero-order valence-electron chi connectivity index (χ0n) is 11.5. The number of rotatable bonds is 2. The minimum atomic E-state index is -0.685. The number of ketones is 2. The van der Waals surface area contributed by atoms with Crippen LogP contribution in [0.5, 0.6) is 0 Å². The normalized spacial score (nSPS) is 21.4. The molecule has 0 aliphatic heterocycles. The van der Waals surface area contributed by atoms with E-state index >= 15 is 0 Å². The second kappa shape index (κ2) is 5.70. The number of aliphatic imine (C=N–C) groups is 1. The maximum Gasteiger partial charge on any atom is 0.179 e. The number of nitrogens with zero attached hydrogens (tertiary/aromatic N) is 1. The van der Waals surface area contributed by atoms with Crippen molar-refractivity contribution >= 4 is 17.8 Å². The number of fused-ring (bicyclic) bond motifs is 1. The van der Waals surface area contributed by atoms with E-state index in [-0.39, 0.29) is 11.6 Å². The van der Waals surface area contributed by atoms with E-state index in [4.69, 9.17) is 0 Å². The lowest BCUT2D eigenvalue weighted by Crippen LogP contribution is -2.18. The molecule has 3 heteroatoms. The molecule has 3 nitrogen and oxygen atoms in total. The molecular formula is C17H19NO2. The summed E-state index contributed by atoms with van der Waals surface area (Å²) in [6, 6.07) is 7.36. The van der Waals surface area contributed by atoms with Gasteiger partial charge in [0.2, 0.25) is 0 Å². The van der Waals surface area contributed by atoms with Crippen LogP contribution in [0.1, 0.15) is 59.2 Å². The molecule has 0 unspecified atom stereocenters. The molecule has 0 heterocycles. The van der Waals surface area contributed by atoms with Gasteiger partial charge in [-0.15, -0.1) is 0 Å². The highest BCUT2D eigenvalue weighted by Gasteiger charge is 2.37. The van der Waals surface area contributed by atoms with Crippen molar-refractivity contribution in [2.45, 2.75) is 44.6 Å². The summed E-state index contributed by atoms with van der Waals surface area (Å²) < 4.78 is 0. The van der Waals surface area contributed by atoms with Gasteiger partial charge in [-0.05, 0) is 12.8 Å². The Bertz CT molecular complexity index is 519. The molecule has 0 radical (unpaired) electrons. The minimum Gasteiger partial charge on any atom is -0.293 e.